The fourth-order valence-corrected chi connectivity index (χ4v) is 1.84. The van der Waals surface area contributed by atoms with E-state index in [1.165, 1.54) is 6.92 Å². The van der Waals surface area contributed by atoms with Gasteiger partial charge < -0.3 is 5.32 Å². The Bertz CT molecular complexity index is 447. The summed E-state index contributed by atoms with van der Waals surface area (Å²) >= 11 is 0. The van der Waals surface area contributed by atoms with Crippen LogP contribution in [-0.4, -0.2) is 11.7 Å². The third-order valence-corrected chi connectivity index (χ3v) is 3.13. The van der Waals surface area contributed by atoms with Gasteiger partial charge in [0.25, 0.3) is 0 Å². The fourth-order valence-electron chi connectivity index (χ4n) is 1.84. The Morgan fingerprint density at radius 2 is 2.00 bits per heavy atom. The number of ketones is 1. The zero-order chi connectivity index (χ0) is 11.8. The third kappa shape index (κ3) is 1.85. The van der Waals surface area contributed by atoms with Crippen LogP contribution in [0.15, 0.2) is 24.3 Å². The SMILES string of the molecule is CC(=O)C1(C(=O)Nc2cccc(C)c2)CC1. The summed E-state index contributed by atoms with van der Waals surface area (Å²) in [7, 11) is 0. The van der Waals surface area contributed by atoms with E-state index < -0.39 is 5.41 Å². The second-order valence-electron chi connectivity index (χ2n) is 4.46. The minimum atomic E-state index is -0.732. The van der Waals surface area contributed by atoms with Gasteiger partial charge in [-0.25, -0.2) is 0 Å². The number of carbonyl (C=O) groups is 2. The summed E-state index contributed by atoms with van der Waals surface area (Å²) < 4.78 is 0. The van der Waals surface area contributed by atoms with Crippen molar-refractivity contribution in [1.82, 2.24) is 0 Å². The molecular formula is C13H15NO2. The summed E-state index contributed by atoms with van der Waals surface area (Å²) in [6.07, 6.45) is 1.36. The number of carbonyl (C=O) groups excluding carboxylic acids is 2. The van der Waals surface area contributed by atoms with E-state index in [1.807, 2.05) is 31.2 Å². The van der Waals surface area contributed by atoms with Crippen LogP contribution < -0.4 is 5.32 Å². The van der Waals surface area contributed by atoms with Gasteiger partial charge in [0.05, 0.1) is 0 Å². The van der Waals surface area contributed by atoms with Crippen molar-refractivity contribution < 1.29 is 9.59 Å². The number of benzene rings is 1. The molecule has 0 heterocycles. The summed E-state index contributed by atoms with van der Waals surface area (Å²) in [4.78, 5) is 23.3. The Kier molecular flexibility index (Phi) is 2.54. The lowest BCUT2D eigenvalue weighted by Crippen LogP contribution is -2.29. The summed E-state index contributed by atoms with van der Waals surface area (Å²) in [5.74, 6) is -0.191. The van der Waals surface area contributed by atoms with Gasteiger partial charge in [0, 0.05) is 5.69 Å². The van der Waals surface area contributed by atoms with E-state index in [9.17, 15) is 9.59 Å². The van der Waals surface area contributed by atoms with E-state index in [1.54, 1.807) is 0 Å². The maximum Gasteiger partial charge on any atom is 0.238 e. The maximum absolute atomic E-state index is 11.9. The normalized spacial score (nSPS) is 16.6. The second-order valence-corrected chi connectivity index (χ2v) is 4.46. The molecule has 0 unspecified atom stereocenters. The smallest absolute Gasteiger partial charge is 0.238 e. The summed E-state index contributed by atoms with van der Waals surface area (Å²) in [5.41, 5.74) is 1.12. The average molecular weight is 217 g/mol. The zero-order valence-corrected chi connectivity index (χ0v) is 9.54. The molecule has 0 aliphatic heterocycles. The highest BCUT2D eigenvalue weighted by Gasteiger charge is 2.54. The lowest BCUT2D eigenvalue weighted by molar-refractivity contribution is -0.131. The van der Waals surface area contributed by atoms with Crippen LogP contribution in [0.1, 0.15) is 25.3 Å². The van der Waals surface area contributed by atoms with Gasteiger partial charge in [-0.3, -0.25) is 9.59 Å². The molecule has 0 atom stereocenters. The monoisotopic (exact) mass is 217 g/mol. The van der Waals surface area contributed by atoms with Crippen molar-refractivity contribution in [1.29, 1.82) is 0 Å². The van der Waals surface area contributed by atoms with Gasteiger partial charge in [0.15, 0.2) is 0 Å². The van der Waals surface area contributed by atoms with Crippen molar-refractivity contribution in [2.45, 2.75) is 26.7 Å². The quantitative estimate of drug-likeness (QED) is 0.790. The van der Waals surface area contributed by atoms with E-state index >= 15 is 0 Å². The van der Waals surface area contributed by atoms with Crippen LogP contribution in [0.25, 0.3) is 0 Å². The number of amides is 1. The van der Waals surface area contributed by atoms with Gasteiger partial charge in [0.1, 0.15) is 11.2 Å². The first-order valence-electron chi connectivity index (χ1n) is 5.44. The number of hydrogen-bond donors (Lipinski definition) is 1. The molecule has 2 rings (SSSR count). The number of aryl methyl sites for hydroxylation is 1. The van der Waals surface area contributed by atoms with E-state index in [-0.39, 0.29) is 11.7 Å². The van der Waals surface area contributed by atoms with Crippen molar-refractivity contribution in [2.24, 2.45) is 5.41 Å². The number of rotatable bonds is 3. The molecule has 1 fully saturated rings. The molecule has 1 amide bonds. The first-order valence-corrected chi connectivity index (χ1v) is 5.44. The fraction of sp³-hybridized carbons (Fsp3) is 0.385. The van der Waals surface area contributed by atoms with Crippen LogP contribution in [-0.2, 0) is 9.59 Å². The number of Topliss-reactive ketones (excluding diaryl/α,β-unsaturated/α-hetero) is 1. The Morgan fingerprint density at radius 1 is 1.31 bits per heavy atom. The van der Waals surface area contributed by atoms with Crippen molar-refractivity contribution in [2.75, 3.05) is 5.32 Å². The predicted molar refractivity (Wildman–Crippen MR) is 62.2 cm³/mol. The van der Waals surface area contributed by atoms with Gasteiger partial charge in [-0.1, -0.05) is 12.1 Å². The standard InChI is InChI=1S/C13H15NO2/c1-9-4-3-5-11(8-9)14-12(16)13(6-7-13)10(2)15/h3-5,8H,6-7H2,1-2H3,(H,14,16). The topological polar surface area (TPSA) is 46.2 Å². The molecule has 1 aromatic carbocycles. The van der Waals surface area contributed by atoms with Gasteiger partial charge in [-0.05, 0) is 44.4 Å². The molecule has 1 aliphatic rings. The highest BCUT2D eigenvalue weighted by Crippen LogP contribution is 2.47. The van der Waals surface area contributed by atoms with Crippen LogP contribution in [0.5, 0.6) is 0 Å². The van der Waals surface area contributed by atoms with Crippen molar-refractivity contribution in [3.8, 4) is 0 Å². The summed E-state index contributed by atoms with van der Waals surface area (Å²) in [6, 6.07) is 7.58. The molecule has 0 aromatic heterocycles. The largest absolute Gasteiger partial charge is 0.325 e. The van der Waals surface area contributed by atoms with Crippen molar-refractivity contribution >= 4 is 17.4 Å². The molecule has 1 aliphatic carbocycles. The summed E-state index contributed by atoms with van der Waals surface area (Å²) in [6.45, 7) is 3.45. The van der Waals surface area contributed by atoms with Crippen LogP contribution in [0.4, 0.5) is 5.69 Å². The summed E-state index contributed by atoms with van der Waals surface area (Å²) in [5, 5.41) is 2.81. The minimum Gasteiger partial charge on any atom is -0.325 e. The highest BCUT2D eigenvalue weighted by molar-refractivity contribution is 6.13. The lowest BCUT2D eigenvalue weighted by Gasteiger charge is -2.12. The Labute approximate surface area is 94.9 Å². The molecule has 16 heavy (non-hydrogen) atoms. The van der Waals surface area contributed by atoms with Gasteiger partial charge in [-0.15, -0.1) is 0 Å². The minimum absolute atomic E-state index is 0.0300. The second kappa shape index (κ2) is 3.74. The lowest BCUT2D eigenvalue weighted by atomic mass is 10.0. The zero-order valence-electron chi connectivity index (χ0n) is 9.54. The Hall–Kier alpha value is -1.64. The molecule has 0 bridgehead atoms. The molecule has 1 aromatic rings. The number of nitrogens with one attached hydrogen (secondary N) is 1. The van der Waals surface area contributed by atoms with E-state index in [2.05, 4.69) is 5.32 Å². The van der Waals surface area contributed by atoms with E-state index in [0.717, 1.165) is 11.3 Å². The van der Waals surface area contributed by atoms with Gasteiger partial charge in [-0.2, -0.15) is 0 Å². The number of hydrogen-bond acceptors (Lipinski definition) is 2. The Balaban J connectivity index is 2.11. The first-order chi connectivity index (χ1) is 7.54. The molecule has 1 N–H and O–H groups in total. The molecule has 3 nitrogen and oxygen atoms in total. The van der Waals surface area contributed by atoms with Crippen LogP contribution in [0.3, 0.4) is 0 Å². The maximum atomic E-state index is 11.9. The molecule has 0 saturated heterocycles. The van der Waals surface area contributed by atoms with Crippen molar-refractivity contribution in [3.63, 3.8) is 0 Å². The highest BCUT2D eigenvalue weighted by atomic mass is 16.2. The van der Waals surface area contributed by atoms with Crippen molar-refractivity contribution in [3.05, 3.63) is 29.8 Å². The van der Waals surface area contributed by atoms with E-state index in [0.29, 0.717) is 12.8 Å². The van der Waals surface area contributed by atoms with Gasteiger partial charge >= 0.3 is 0 Å². The molecule has 1 saturated carbocycles. The molecule has 0 radical (unpaired) electrons. The predicted octanol–water partition coefficient (Wildman–Crippen LogP) is 2.30. The molecule has 3 heteroatoms. The third-order valence-electron chi connectivity index (χ3n) is 3.13. The Morgan fingerprint density at radius 3 is 2.50 bits per heavy atom. The van der Waals surface area contributed by atoms with Crippen LogP contribution in [0, 0.1) is 12.3 Å². The molecule has 84 valence electrons. The first kappa shape index (κ1) is 10.9. The number of anilines is 1. The molecular weight excluding hydrogens is 202 g/mol. The van der Waals surface area contributed by atoms with Crippen LogP contribution in [0.2, 0.25) is 0 Å². The van der Waals surface area contributed by atoms with E-state index in [4.69, 9.17) is 0 Å². The molecule has 0 spiro atoms. The average Bonchev–Trinajstić information content (AvgIpc) is 2.97. The van der Waals surface area contributed by atoms with Gasteiger partial charge in [0.2, 0.25) is 5.91 Å². The van der Waals surface area contributed by atoms with Crippen LogP contribution >= 0.6 is 0 Å².